The molecule has 1 N–H and O–H groups in total. The van der Waals surface area contributed by atoms with E-state index in [1.165, 1.54) is 22.1 Å². The topological polar surface area (TPSA) is 85.6 Å². The molecule has 9 heteroatoms. The normalized spacial score (nSPS) is 12.0. The summed E-state index contributed by atoms with van der Waals surface area (Å²) in [6.45, 7) is 5.45. The minimum atomic E-state index is -0.358. The Hall–Kier alpha value is -3.46. The molecule has 7 nitrogen and oxygen atoms in total. The summed E-state index contributed by atoms with van der Waals surface area (Å²) in [4.78, 5) is 17.2. The Kier molecular flexibility index (Phi) is 5.37. The molecule has 4 aromatic rings. The molecule has 2 aromatic carbocycles. The molecule has 30 heavy (non-hydrogen) atoms. The third-order valence-corrected chi connectivity index (χ3v) is 5.61. The summed E-state index contributed by atoms with van der Waals surface area (Å²) in [5.41, 5.74) is 2.73. The van der Waals surface area contributed by atoms with E-state index in [0.717, 1.165) is 10.6 Å². The number of thiazole rings is 1. The van der Waals surface area contributed by atoms with Gasteiger partial charge in [-0.15, -0.1) is 16.4 Å². The van der Waals surface area contributed by atoms with Gasteiger partial charge in [-0.25, -0.2) is 9.37 Å². The second-order valence-corrected chi connectivity index (χ2v) is 7.88. The smallest absolute Gasteiger partial charge is 0.251 e. The van der Waals surface area contributed by atoms with Crippen molar-refractivity contribution in [3.05, 3.63) is 75.8 Å². The molecule has 1 atom stereocenters. The van der Waals surface area contributed by atoms with Gasteiger partial charge in [0.1, 0.15) is 10.8 Å². The number of carbonyl (C=O) groups excluding carboxylic acids is 1. The zero-order valence-electron chi connectivity index (χ0n) is 16.6. The molecule has 0 spiro atoms. The summed E-state index contributed by atoms with van der Waals surface area (Å²) in [7, 11) is 0. The van der Waals surface area contributed by atoms with Crippen LogP contribution in [0.2, 0.25) is 0 Å². The molecule has 0 aliphatic carbocycles. The van der Waals surface area contributed by atoms with E-state index in [1.807, 2.05) is 25.3 Å². The van der Waals surface area contributed by atoms with Gasteiger partial charge in [-0.1, -0.05) is 12.1 Å². The maximum atomic E-state index is 14.7. The van der Waals surface area contributed by atoms with E-state index in [0.29, 0.717) is 28.2 Å². The molecular weight excluding hydrogens is 403 g/mol. The lowest BCUT2D eigenvalue weighted by molar-refractivity contribution is 0.0940. The fraction of sp³-hybridized carbons (Fsp3) is 0.190. The Bertz CT molecular complexity index is 1200. The number of aromatic nitrogens is 5. The average Bonchev–Trinajstić information content (AvgIpc) is 3.39. The molecule has 0 radical (unpaired) electrons. The van der Waals surface area contributed by atoms with E-state index in [-0.39, 0.29) is 17.8 Å². The quantitative estimate of drug-likeness (QED) is 0.525. The Balaban J connectivity index is 1.77. The first-order valence-corrected chi connectivity index (χ1v) is 10.2. The van der Waals surface area contributed by atoms with Crippen LogP contribution in [0.4, 0.5) is 4.39 Å². The molecule has 2 heterocycles. The first-order chi connectivity index (χ1) is 14.4. The molecule has 1 unspecified atom stereocenters. The van der Waals surface area contributed by atoms with Crippen LogP contribution in [-0.2, 0) is 0 Å². The van der Waals surface area contributed by atoms with E-state index in [4.69, 9.17) is 0 Å². The van der Waals surface area contributed by atoms with Gasteiger partial charge in [0.2, 0.25) is 0 Å². The average molecular weight is 422 g/mol. The number of nitrogens with one attached hydrogen (secondary N) is 1. The SMILES string of the molecule is Cc1ccc(-c2cc(C(=O)NC(C)c3nccs3)cc(-n3nnnc3C)c2)c(F)c1. The fourth-order valence-electron chi connectivity index (χ4n) is 3.13. The van der Waals surface area contributed by atoms with Crippen LogP contribution in [0.5, 0.6) is 0 Å². The number of hydrogen-bond acceptors (Lipinski definition) is 6. The van der Waals surface area contributed by atoms with Gasteiger partial charge in [0.15, 0.2) is 5.82 Å². The first kappa shape index (κ1) is 19.8. The van der Waals surface area contributed by atoms with Gasteiger partial charge >= 0.3 is 0 Å². The van der Waals surface area contributed by atoms with E-state index < -0.39 is 0 Å². The van der Waals surface area contributed by atoms with Crippen LogP contribution < -0.4 is 5.32 Å². The van der Waals surface area contributed by atoms with Gasteiger partial charge in [-0.05, 0) is 66.6 Å². The number of halogens is 1. The van der Waals surface area contributed by atoms with Crippen molar-refractivity contribution in [1.82, 2.24) is 30.5 Å². The highest BCUT2D eigenvalue weighted by Crippen LogP contribution is 2.28. The Morgan fingerprint density at radius 1 is 1.20 bits per heavy atom. The molecule has 2 aromatic heterocycles. The number of nitrogens with zero attached hydrogens (tertiary/aromatic N) is 5. The zero-order valence-corrected chi connectivity index (χ0v) is 17.4. The highest BCUT2D eigenvalue weighted by Gasteiger charge is 2.17. The summed E-state index contributed by atoms with van der Waals surface area (Å²) in [5.74, 6) is -0.0961. The lowest BCUT2D eigenvalue weighted by Gasteiger charge is -2.14. The monoisotopic (exact) mass is 422 g/mol. The molecule has 0 saturated carbocycles. The summed E-state index contributed by atoms with van der Waals surface area (Å²) < 4.78 is 16.2. The summed E-state index contributed by atoms with van der Waals surface area (Å²) in [5, 5.41) is 17.2. The van der Waals surface area contributed by atoms with Gasteiger partial charge in [0.25, 0.3) is 5.91 Å². The number of benzene rings is 2. The number of amides is 1. The predicted molar refractivity (Wildman–Crippen MR) is 112 cm³/mol. The molecule has 0 fully saturated rings. The summed E-state index contributed by atoms with van der Waals surface area (Å²) in [6.07, 6.45) is 1.70. The van der Waals surface area contributed by atoms with Crippen molar-refractivity contribution in [3.8, 4) is 16.8 Å². The summed E-state index contributed by atoms with van der Waals surface area (Å²) in [6, 6.07) is 9.86. The standard InChI is InChI=1S/C21H19FN6OS/c1-12-4-5-18(19(22)8-12)15-9-16(11-17(10-15)28-14(3)25-26-27-28)20(29)24-13(2)21-23-6-7-30-21/h4-11,13H,1-3H3,(H,24,29). The predicted octanol–water partition coefficient (Wildman–Crippen LogP) is 4.03. The zero-order chi connectivity index (χ0) is 21.3. The maximum absolute atomic E-state index is 14.7. The molecular formula is C21H19FN6OS. The number of hydrogen-bond donors (Lipinski definition) is 1. The van der Waals surface area contributed by atoms with Crippen LogP contribution in [0.1, 0.15) is 39.7 Å². The van der Waals surface area contributed by atoms with Crippen molar-refractivity contribution < 1.29 is 9.18 Å². The van der Waals surface area contributed by atoms with Crippen molar-refractivity contribution >= 4 is 17.2 Å². The van der Waals surface area contributed by atoms with Crippen molar-refractivity contribution in [1.29, 1.82) is 0 Å². The third-order valence-electron chi connectivity index (χ3n) is 4.65. The van der Waals surface area contributed by atoms with E-state index in [2.05, 4.69) is 25.8 Å². The molecule has 0 aliphatic rings. The minimum absolute atomic E-state index is 0.254. The summed E-state index contributed by atoms with van der Waals surface area (Å²) >= 11 is 1.47. The van der Waals surface area contributed by atoms with Crippen LogP contribution >= 0.6 is 11.3 Å². The Morgan fingerprint density at radius 3 is 2.70 bits per heavy atom. The van der Waals surface area contributed by atoms with Gasteiger partial charge < -0.3 is 5.32 Å². The number of rotatable bonds is 5. The lowest BCUT2D eigenvalue weighted by Crippen LogP contribution is -2.26. The van der Waals surface area contributed by atoms with Crippen molar-refractivity contribution in [3.63, 3.8) is 0 Å². The second kappa shape index (κ2) is 8.11. The molecule has 0 aliphatic heterocycles. The highest BCUT2D eigenvalue weighted by atomic mass is 32.1. The van der Waals surface area contributed by atoms with Crippen molar-refractivity contribution in [2.24, 2.45) is 0 Å². The minimum Gasteiger partial charge on any atom is -0.343 e. The van der Waals surface area contributed by atoms with Crippen LogP contribution in [0.15, 0.2) is 48.0 Å². The van der Waals surface area contributed by atoms with E-state index >= 15 is 0 Å². The molecule has 0 bridgehead atoms. The Morgan fingerprint density at radius 2 is 2.03 bits per heavy atom. The highest BCUT2D eigenvalue weighted by molar-refractivity contribution is 7.09. The first-order valence-electron chi connectivity index (χ1n) is 9.29. The fourth-order valence-corrected chi connectivity index (χ4v) is 3.78. The van der Waals surface area contributed by atoms with Crippen LogP contribution in [-0.4, -0.2) is 31.1 Å². The van der Waals surface area contributed by atoms with Crippen LogP contribution in [0.3, 0.4) is 0 Å². The second-order valence-electron chi connectivity index (χ2n) is 6.96. The van der Waals surface area contributed by atoms with Crippen molar-refractivity contribution in [2.75, 3.05) is 0 Å². The maximum Gasteiger partial charge on any atom is 0.251 e. The molecule has 0 saturated heterocycles. The number of carbonyl (C=O) groups is 1. The van der Waals surface area contributed by atoms with Gasteiger partial charge in [0.05, 0.1) is 11.7 Å². The number of tetrazole rings is 1. The van der Waals surface area contributed by atoms with Gasteiger partial charge in [-0.2, -0.15) is 4.68 Å². The Labute approximate surface area is 176 Å². The lowest BCUT2D eigenvalue weighted by atomic mass is 9.99. The van der Waals surface area contributed by atoms with E-state index in [9.17, 15) is 9.18 Å². The van der Waals surface area contributed by atoms with Gasteiger partial charge in [-0.3, -0.25) is 4.79 Å². The molecule has 152 valence electrons. The van der Waals surface area contributed by atoms with Crippen molar-refractivity contribution in [2.45, 2.75) is 26.8 Å². The van der Waals surface area contributed by atoms with Crippen LogP contribution in [0.25, 0.3) is 16.8 Å². The molecule has 4 rings (SSSR count). The van der Waals surface area contributed by atoms with Gasteiger partial charge in [0, 0.05) is 22.7 Å². The van der Waals surface area contributed by atoms with E-state index in [1.54, 1.807) is 37.4 Å². The third kappa shape index (κ3) is 3.97. The largest absolute Gasteiger partial charge is 0.343 e. The number of aryl methyl sites for hydroxylation is 2. The molecule has 1 amide bonds. The van der Waals surface area contributed by atoms with Crippen LogP contribution in [0, 0.1) is 19.7 Å².